The van der Waals surface area contributed by atoms with Crippen LogP contribution in [0.4, 0.5) is 5.69 Å². The Balaban J connectivity index is 2.73. The summed E-state index contributed by atoms with van der Waals surface area (Å²) in [5.74, 6) is 0. The molecule has 0 aliphatic carbocycles. The zero-order valence-corrected chi connectivity index (χ0v) is 9.42. The lowest BCUT2D eigenvalue weighted by atomic mass is 10.3. The second-order valence-corrected chi connectivity index (χ2v) is 4.89. The van der Waals surface area contributed by atoms with Crippen molar-refractivity contribution in [3.8, 4) is 0 Å². The second-order valence-electron chi connectivity index (χ2n) is 3.18. The van der Waals surface area contributed by atoms with Crippen molar-refractivity contribution >= 4 is 15.7 Å². The van der Waals surface area contributed by atoms with Crippen molar-refractivity contribution in [2.45, 2.75) is 24.8 Å². The lowest BCUT2D eigenvalue weighted by Crippen LogP contribution is -2.25. The number of anilines is 1. The third kappa shape index (κ3) is 3.49. The smallest absolute Gasteiger partial charge is 0.258 e. The molecular formula is C9H15N3O2S. The maximum absolute atomic E-state index is 11.6. The largest absolute Gasteiger partial charge is 0.397 e. The van der Waals surface area contributed by atoms with Crippen LogP contribution in [0.2, 0.25) is 0 Å². The molecule has 0 aliphatic heterocycles. The summed E-state index contributed by atoms with van der Waals surface area (Å²) in [6.07, 6.45) is 3.08. The van der Waals surface area contributed by atoms with Crippen LogP contribution in [-0.4, -0.2) is 19.9 Å². The molecule has 1 rings (SSSR count). The molecule has 0 amide bonds. The highest BCUT2D eigenvalue weighted by atomic mass is 32.2. The molecule has 0 aromatic carbocycles. The molecule has 1 aromatic heterocycles. The first-order chi connectivity index (χ1) is 7.06. The van der Waals surface area contributed by atoms with Crippen molar-refractivity contribution in [2.75, 3.05) is 12.3 Å². The van der Waals surface area contributed by atoms with Gasteiger partial charge in [-0.3, -0.25) is 0 Å². The first kappa shape index (κ1) is 11.9. The van der Waals surface area contributed by atoms with Gasteiger partial charge in [0.1, 0.15) is 0 Å². The minimum atomic E-state index is -3.47. The van der Waals surface area contributed by atoms with E-state index in [4.69, 9.17) is 5.73 Å². The van der Waals surface area contributed by atoms with Gasteiger partial charge >= 0.3 is 0 Å². The number of rotatable bonds is 5. The van der Waals surface area contributed by atoms with Crippen molar-refractivity contribution < 1.29 is 8.42 Å². The first-order valence-electron chi connectivity index (χ1n) is 4.77. The number of nitrogen functional groups attached to an aromatic ring is 1. The maximum atomic E-state index is 11.6. The number of aromatic nitrogens is 1. The molecule has 3 N–H and O–H groups in total. The third-order valence-corrected chi connectivity index (χ3v) is 3.23. The summed E-state index contributed by atoms with van der Waals surface area (Å²) in [6.45, 7) is 2.43. The Bertz CT molecular complexity index is 400. The summed E-state index contributed by atoms with van der Waals surface area (Å²) in [7, 11) is -3.47. The van der Waals surface area contributed by atoms with Gasteiger partial charge in [0.15, 0.2) is 5.03 Å². The van der Waals surface area contributed by atoms with E-state index in [1.165, 1.54) is 18.3 Å². The van der Waals surface area contributed by atoms with Gasteiger partial charge in [0.2, 0.25) is 0 Å². The Morgan fingerprint density at radius 1 is 1.47 bits per heavy atom. The highest BCUT2D eigenvalue weighted by Gasteiger charge is 2.13. The predicted octanol–water partition coefficient (Wildman–Crippen LogP) is 0.742. The average molecular weight is 229 g/mol. The topological polar surface area (TPSA) is 85.1 Å². The molecule has 6 heteroatoms. The summed E-state index contributed by atoms with van der Waals surface area (Å²) in [6, 6.07) is 2.91. The van der Waals surface area contributed by atoms with Crippen LogP contribution in [0, 0.1) is 0 Å². The summed E-state index contributed by atoms with van der Waals surface area (Å²) in [4.78, 5) is 3.75. The van der Waals surface area contributed by atoms with Gasteiger partial charge in [-0.05, 0) is 18.6 Å². The molecule has 5 nitrogen and oxygen atoms in total. The minimum absolute atomic E-state index is 0.00723. The highest BCUT2D eigenvalue weighted by molar-refractivity contribution is 7.89. The number of nitrogens with two attached hydrogens (primary N) is 1. The number of hydrogen-bond acceptors (Lipinski definition) is 4. The molecule has 0 atom stereocenters. The van der Waals surface area contributed by atoms with Crippen molar-refractivity contribution in [1.29, 1.82) is 0 Å². The zero-order valence-electron chi connectivity index (χ0n) is 8.60. The van der Waals surface area contributed by atoms with Crippen LogP contribution in [0.1, 0.15) is 19.8 Å². The fraction of sp³-hybridized carbons (Fsp3) is 0.444. The number of sulfonamides is 1. The van der Waals surface area contributed by atoms with Crippen LogP contribution < -0.4 is 10.5 Å². The average Bonchev–Trinajstić information content (AvgIpc) is 2.18. The molecule has 0 fully saturated rings. The molecule has 0 bridgehead atoms. The summed E-state index contributed by atoms with van der Waals surface area (Å²) in [5, 5.41) is 0.00723. The van der Waals surface area contributed by atoms with Gasteiger partial charge in [0.05, 0.1) is 11.9 Å². The molecule has 0 saturated heterocycles. The zero-order chi connectivity index (χ0) is 11.3. The Kier molecular flexibility index (Phi) is 4.05. The van der Waals surface area contributed by atoms with E-state index in [9.17, 15) is 8.42 Å². The van der Waals surface area contributed by atoms with Crippen molar-refractivity contribution in [1.82, 2.24) is 9.71 Å². The van der Waals surface area contributed by atoms with E-state index in [1.54, 1.807) is 0 Å². The molecule has 0 unspecified atom stereocenters. The molecular weight excluding hydrogens is 214 g/mol. The Labute approximate surface area is 89.8 Å². The number of unbranched alkanes of at least 4 members (excludes halogenated alkanes) is 1. The number of nitrogens with zero attached hydrogens (tertiary/aromatic N) is 1. The van der Waals surface area contributed by atoms with Gasteiger partial charge in [-0.2, -0.15) is 0 Å². The molecule has 84 valence electrons. The van der Waals surface area contributed by atoms with E-state index in [0.717, 1.165) is 12.8 Å². The highest BCUT2D eigenvalue weighted by Crippen LogP contribution is 2.07. The molecule has 1 heterocycles. The van der Waals surface area contributed by atoms with Gasteiger partial charge in [-0.25, -0.2) is 18.1 Å². The molecule has 0 saturated carbocycles. The van der Waals surface area contributed by atoms with Crippen LogP contribution in [0.25, 0.3) is 0 Å². The standard InChI is InChI=1S/C9H15N3O2S/c1-2-3-6-12-15(13,14)9-5-4-8(10)7-11-9/h4-5,7,12H,2-3,6,10H2,1H3. The minimum Gasteiger partial charge on any atom is -0.397 e. The van der Waals surface area contributed by atoms with Crippen molar-refractivity contribution in [3.05, 3.63) is 18.3 Å². The van der Waals surface area contributed by atoms with Gasteiger partial charge in [-0.15, -0.1) is 0 Å². The van der Waals surface area contributed by atoms with Gasteiger partial charge < -0.3 is 5.73 Å². The number of nitrogens with one attached hydrogen (secondary N) is 1. The van der Waals surface area contributed by atoms with Crippen LogP contribution in [0.15, 0.2) is 23.4 Å². The second kappa shape index (κ2) is 5.09. The van der Waals surface area contributed by atoms with E-state index in [1.807, 2.05) is 6.92 Å². The lowest BCUT2D eigenvalue weighted by molar-refractivity contribution is 0.574. The van der Waals surface area contributed by atoms with Crippen LogP contribution >= 0.6 is 0 Å². The van der Waals surface area contributed by atoms with E-state index < -0.39 is 10.0 Å². The van der Waals surface area contributed by atoms with Gasteiger partial charge in [0, 0.05) is 6.54 Å². The monoisotopic (exact) mass is 229 g/mol. The molecule has 0 aliphatic rings. The van der Waals surface area contributed by atoms with E-state index in [2.05, 4.69) is 9.71 Å². The lowest BCUT2D eigenvalue weighted by Gasteiger charge is -2.04. The fourth-order valence-corrected chi connectivity index (χ4v) is 2.01. The SMILES string of the molecule is CCCCNS(=O)(=O)c1ccc(N)cn1. The molecule has 0 radical (unpaired) electrons. The summed E-state index contributed by atoms with van der Waals surface area (Å²) >= 11 is 0. The molecule has 0 spiro atoms. The van der Waals surface area contributed by atoms with Gasteiger partial charge in [0.25, 0.3) is 10.0 Å². The van der Waals surface area contributed by atoms with Crippen LogP contribution in [-0.2, 0) is 10.0 Å². The van der Waals surface area contributed by atoms with Gasteiger partial charge in [-0.1, -0.05) is 13.3 Å². The first-order valence-corrected chi connectivity index (χ1v) is 6.26. The van der Waals surface area contributed by atoms with Crippen molar-refractivity contribution in [2.24, 2.45) is 0 Å². The van der Waals surface area contributed by atoms with E-state index >= 15 is 0 Å². The maximum Gasteiger partial charge on any atom is 0.258 e. The fourth-order valence-electron chi connectivity index (χ4n) is 1.01. The van der Waals surface area contributed by atoms with Crippen LogP contribution in [0.5, 0.6) is 0 Å². The van der Waals surface area contributed by atoms with E-state index in [-0.39, 0.29) is 5.03 Å². The molecule has 1 aromatic rings. The third-order valence-electron chi connectivity index (χ3n) is 1.86. The quantitative estimate of drug-likeness (QED) is 0.729. The predicted molar refractivity (Wildman–Crippen MR) is 58.7 cm³/mol. The van der Waals surface area contributed by atoms with E-state index in [0.29, 0.717) is 12.2 Å². The number of pyridine rings is 1. The Morgan fingerprint density at radius 3 is 2.73 bits per heavy atom. The Morgan fingerprint density at radius 2 is 2.20 bits per heavy atom. The number of hydrogen-bond donors (Lipinski definition) is 2. The normalized spacial score (nSPS) is 11.5. The van der Waals surface area contributed by atoms with Crippen molar-refractivity contribution in [3.63, 3.8) is 0 Å². The molecule has 15 heavy (non-hydrogen) atoms. The summed E-state index contributed by atoms with van der Waals surface area (Å²) < 4.78 is 25.7. The Hall–Kier alpha value is -1.14. The van der Waals surface area contributed by atoms with Crippen LogP contribution in [0.3, 0.4) is 0 Å². The summed E-state index contributed by atoms with van der Waals surface area (Å²) in [5.41, 5.74) is 5.86.